The topological polar surface area (TPSA) is 111 Å². The van der Waals surface area contributed by atoms with E-state index >= 15 is 0 Å². The molecule has 160 valence electrons. The smallest absolute Gasteiger partial charge is 0.270 e. The second-order valence-electron chi connectivity index (χ2n) is 7.35. The van der Waals surface area contributed by atoms with Crippen molar-refractivity contribution in [1.29, 1.82) is 0 Å². The molecule has 0 fully saturated rings. The van der Waals surface area contributed by atoms with Crippen LogP contribution in [0.25, 0.3) is 11.4 Å². The van der Waals surface area contributed by atoms with Gasteiger partial charge in [0.05, 0.1) is 4.92 Å². The molecule has 4 aromatic rings. The lowest BCUT2D eigenvalue weighted by molar-refractivity contribution is -0.384. The van der Waals surface area contributed by atoms with Crippen LogP contribution >= 0.6 is 0 Å². The minimum absolute atomic E-state index is 0.0673. The number of rotatable bonds is 7. The van der Waals surface area contributed by atoms with Gasteiger partial charge in [-0.2, -0.15) is 4.98 Å². The van der Waals surface area contributed by atoms with Crippen molar-refractivity contribution in [2.45, 2.75) is 19.4 Å². The summed E-state index contributed by atoms with van der Waals surface area (Å²) in [6.07, 6.45) is 0.439. The molecule has 4 rings (SSSR count). The van der Waals surface area contributed by atoms with Crippen molar-refractivity contribution < 1.29 is 14.2 Å². The highest BCUT2D eigenvalue weighted by atomic mass is 16.6. The number of benzene rings is 3. The van der Waals surface area contributed by atoms with Crippen molar-refractivity contribution in [3.8, 4) is 11.4 Å². The molecule has 8 heteroatoms. The van der Waals surface area contributed by atoms with Crippen LogP contribution in [0.15, 0.2) is 83.4 Å². The Morgan fingerprint density at radius 1 is 1.06 bits per heavy atom. The summed E-state index contributed by atoms with van der Waals surface area (Å²) in [6, 6.07) is 22.3. The lowest BCUT2D eigenvalue weighted by Crippen LogP contribution is -2.30. The van der Waals surface area contributed by atoms with Crippen LogP contribution in [0, 0.1) is 17.0 Å². The fourth-order valence-electron chi connectivity index (χ4n) is 3.25. The number of aryl methyl sites for hydroxylation is 1. The molecule has 0 saturated heterocycles. The Balaban J connectivity index is 1.62. The molecule has 0 bridgehead atoms. The Labute approximate surface area is 184 Å². The molecule has 0 saturated carbocycles. The molecule has 0 spiro atoms. The number of hydrogen-bond donors (Lipinski definition) is 1. The summed E-state index contributed by atoms with van der Waals surface area (Å²) in [4.78, 5) is 27.9. The fourth-order valence-corrected chi connectivity index (χ4v) is 3.25. The average molecular weight is 428 g/mol. The number of carbonyl (C=O) groups is 1. The van der Waals surface area contributed by atoms with Gasteiger partial charge in [0.25, 0.3) is 11.6 Å². The molecule has 1 amide bonds. The van der Waals surface area contributed by atoms with Crippen LogP contribution in [-0.2, 0) is 6.42 Å². The highest BCUT2D eigenvalue weighted by Gasteiger charge is 2.23. The Morgan fingerprint density at radius 3 is 2.53 bits per heavy atom. The number of nitrogens with one attached hydrogen (secondary N) is 1. The van der Waals surface area contributed by atoms with Crippen LogP contribution in [0.5, 0.6) is 0 Å². The maximum Gasteiger partial charge on any atom is 0.270 e. The number of nitro benzene ring substituents is 1. The number of nitro groups is 1. The van der Waals surface area contributed by atoms with Gasteiger partial charge in [-0.25, -0.2) is 0 Å². The second kappa shape index (κ2) is 9.22. The number of non-ortho nitro benzene ring substituents is 1. The van der Waals surface area contributed by atoms with Crippen LogP contribution in [0.2, 0.25) is 0 Å². The zero-order valence-electron chi connectivity index (χ0n) is 17.3. The van der Waals surface area contributed by atoms with E-state index in [1.807, 2.05) is 49.4 Å². The van der Waals surface area contributed by atoms with E-state index in [1.54, 1.807) is 24.3 Å². The Bertz CT molecular complexity index is 1240. The highest BCUT2D eigenvalue weighted by molar-refractivity contribution is 5.94. The standard InChI is InChI=1S/C24H20N4O4/c1-16-10-12-18(13-11-16)23(29)25-21(14-17-6-3-2-4-7-17)24-26-22(27-32-24)19-8-5-9-20(15-19)28(30)31/h2-13,15,21H,14H2,1H3,(H,25,29)/t21-/m0/s1. The summed E-state index contributed by atoms with van der Waals surface area (Å²) in [5, 5.41) is 18.0. The molecular formula is C24H20N4O4. The first-order valence-corrected chi connectivity index (χ1v) is 9.99. The largest absolute Gasteiger partial charge is 0.340 e. The average Bonchev–Trinajstić information content (AvgIpc) is 3.30. The first kappa shape index (κ1) is 20.9. The van der Waals surface area contributed by atoms with Crippen LogP contribution in [-0.4, -0.2) is 21.0 Å². The lowest BCUT2D eigenvalue weighted by Gasteiger charge is -2.15. The van der Waals surface area contributed by atoms with Crippen LogP contribution < -0.4 is 5.32 Å². The number of nitrogens with zero attached hydrogens (tertiary/aromatic N) is 3. The van der Waals surface area contributed by atoms with E-state index in [0.717, 1.165) is 11.1 Å². The minimum atomic E-state index is -0.578. The van der Waals surface area contributed by atoms with Crippen molar-refractivity contribution in [1.82, 2.24) is 15.5 Å². The van der Waals surface area contributed by atoms with Crippen molar-refractivity contribution in [3.63, 3.8) is 0 Å². The molecular weight excluding hydrogens is 408 g/mol. The van der Waals surface area contributed by atoms with E-state index in [4.69, 9.17) is 4.52 Å². The second-order valence-corrected chi connectivity index (χ2v) is 7.35. The highest BCUT2D eigenvalue weighted by Crippen LogP contribution is 2.24. The lowest BCUT2D eigenvalue weighted by atomic mass is 10.0. The maximum atomic E-state index is 12.9. The molecule has 0 unspecified atom stereocenters. The fraction of sp³-hybridized carbons (Fsp3) is 0.125. The van der Waals surface area contributed by atoms with Gasteiger partial charge in [-0.3, -0.25) is 14.9 Å². The van der Waals surface area contributed by atoms with Gasteiger partial charge in [-0.15, -0.1) is 0 Å². The van der Waals surface area contributed by atoms with E-state index in [9.17, 15) is 14.9 Å². The van der Waals surface area contributed by atoms with Gasteiger partial charge >= 0.3 is 0 Å². The first-order chi connectivity index (χ1) is 15.5. The Morgan fingerprint density at radius 2 is 1.81 bits per heavy atom. The molecule has 0 radical (unpaired) electrons. The minimum Gasteiger partial charge on any atom is -0.340 e. The third-order valence-corrected chi connectivity index (χ3v) is 4.96. The predicted octanol–water partition coefficient (Wildman–Crippen LogP) is 4.67. The molecule has 0 aliphatic heterocycles. The maximum absolute atomic E-state index is 12.9. The van der Waals surface area contributed by atoms with Crippen molar-refractivity contribution in [2.24, 2.45) is 0 Å². The number of amides is 1. The number of hydrogen-bond acceptors (Lipinski definition) is 6. The molecule has 0 aliphatic rings. The van der Waals surface area contributed by atoms with E-state index in [0.29, 0.717) is 17.5 Å². The molecule has 8 nitrogen and oxygen atoms in total. The van der Waals surface area contributed by atoms with Gasteiger partial charge in [0.2, 0.25) is 11.7 Å². The zero-order chi connectivity index (χ0) is 22.5. The van der Waals surface area contributed by atoms with Gasteiger partial charge in [0.1, 0.15) is 6.04 Å². The van der Waals surface area contributed by atoms with Crippen molar-refractivity contribution in [3.05, 3.63) is 112 Å². The van der Waals surface area contributed by atoms with Crippen LogP contribution in [0.3, 0.4) is 0 Å². The van der Waals surface area contributed by atoms with Crippen LogP contribution in [0.1, 0.15) is 33.4 Å². The zero-order valence-corrected chi connectivity index (χ0v) is 17.3. The van der Waals surface area contributed by atoms with Gasteiger partial charge in [0, 0.05) is 29.7 Å². The first-order valence-electron chi connectivity index (χ1n) is 9.99. The van der Waals surface area contributed by atoms with E-state index in [-0.39, 0.29) is 23.3 Å². The summed E-state index contributed by atoms with van der Waals surface area (Å²) in [6.45, 7) is 1.95. The van der Waals surface area contributed by atoms with Gasteiger partial charge < -0.3 is 9.84 Å². The van der Waals surface area contributed by atoms with Crippen molar-refractivity contribution in [2.75, 3.05) is 0 Å². The molecule has 32 heavy (non-hydrogen) atoms. The van der Waals surface area contributed by atoms with Gasteiger partial charge in [0.15, 0.2) is 0 Å². The molecule has 1 aromatic heterocycles. The van der Waals surface area contributed by atoms with Crippen LogP contribution in [0.4, 0.5) is 5.69 Å². The molecule has 1 N–H and O–H groups in total. The summed E-state index contributed by atoms with van der Waals surface area (Å²) in [7, 11) is 0. The van der Waals surface area contributed by atoms with E-state index in [1.165, 1.54) is 12.1 Å². The summed E-state index contributed by atoms with van der Waals surface area (Å²) in [5.74, 6) is 0.170. The third-order valence-electron chi connectivity index (χ3n) is 4.96. The molecule has 3 aromatic carbocycles. The molecule has 1 heterocycles. The van der Waals surface area contributed by atoms with Gasteiger partial charge in [-0.05, 0) is 24.6 Å². The predicted molar refractivity (Wildman–Crippen MR) is 118 cm³/mol. The summed E-state index contributed by atoms with van der Waals surface area (Å²) < 4.78 is 5.46. The Hall–Kier alpha value is -4.33. The SMILES string of the molecule is Cc1ccc(C(=O)N[C@@H](Cc2ccccc2)c2nc(-c3cccc([N+](=O)[O-])c3)no2)cc1. The number of carbonyl (C=O) groups excluding carboxylic acids is 1. The molecule has 0 aliphatic carbocycles. The number of aromatic nitrogens is 2. The summed E-state index contributed by atoms with van der Waals surface area (Å²) in [5.41, 5.74) is 2.95. The van der Waals surface area contributed by atoms with Gasteiger partial charge in [-0.1, -0.05) is 65.3 Å². The monoisotopic (exact) mass is 428 g/mol. The summed E-state index contributed by atoms with van der Waals surface area (Å²) >= 11 is 0. The van der Waals surface area contributed by atoms with E-state index < -0.39 is 11.0 Å². The third kappa shape index (κ3) is 4.86. The van der Waals surface area contributed by atoms with Crippen molar-refractivity contribution >= 4 is 11.6 Å². The quantitative estimate of drug-likeness (QED) is 0.338. The Kier molecular flexibility index (Phi) is 6.03. The normalized spacial score (nSPS) is 11.7. The molecule has 1 atom stereocenters. The van der Waals surface area contributed by atoms with E-state index in [2.05, 4.69) is 15.5 Å².